The summed E-state index contributed by atoms with van der Waals surface area (Å²) in [6.07, 6.45) is 6.04. The summed E-state index contributed by atoms with van der Waals surface area (Å²) in [4.78, 5) is 34.4. The van der Waals surface area contributed by atoms with E-state index >= 15 is 0 Å². The fraction of sp³-hybridized carbons (Fsp3) is 0.350. The number of carbonyl (C=O) groups is 1. The molecule has 6 heteroatoms. The number of aryl methyl sites for hydroxylation is 3. The Hall–Kier alpha value is -2.47. The Morgan fingerprint density at radius 3 is 3.00 bits per heavy atom. The standard InChI is InChI=1S/C20H19N3O2S/c24-18-16-13-8-4-10-15(13)26-20(16)23-17(22-18)19(25)21-14-9-3-6-11-5-1-2-7-12(11)14/h1-2,5,7,14H,3-4,6,8-10H2,(H,21,25)(H,22,23,24)/t14-/m1/s1. The normalized spacial score (nSPS) is 18.5. The number of hydrogen-bond acceptors (Lipinski definition) is 4. The molecule has 5 rings (SSSR count). The lowest BCUT2D eigenvalue weighted by Crippen LogP contribution is -2.33. The lowest BCUT2D eigenvalue weighted by molar-refractivity contribution is 0.0922. The molecule has 132 valence electrons. The number of benzene rings is 1. The minimum atomic E-state index is -0.306. The van der Waals surface area contributed by atoms with Crippen LogP contribution in [0.3, 0.4) is 0 Å². The van der Waals surface area contributed by atoms with Crippen LogP contribution in [0.5, 0.6) is 0 Å². The summed E-state index contributed by atoms with van der Waals surface area (Å²) in [5.74, 6) is -0.190. The minimum Gasteiger partial charge on any atom is -0.343 e. The number of carbonyl (C=O) groups excluding carboxylic acids is 1. The van der Waals surface area contributed by atoms with Crippen LogP contribution in [-0.4, -0.2) is 15.9 Å². The Morgan fingerprint density at radius 2 is 2.08 bits per heavy atom. The van der Waals surface area contributed by atoms with Gasteiger partial charge in [0, 0.05) is 4.88 Å². The maximum Gasteiger partial charge on any atom is 0.287 e. The van der Waals surface area contributed by atoms with E-state index < -0.39 is 0 Å². The number of amides is 1. The molecule has 1 atom stereocenters. The number of nitrogens with one attached hydrogen (secondary N) is 2. The molecule has 2 N–H and O–H groups in total. The van der Waals surface area contributed by atoms with E-state index in [1.165, 1.54) is 16.0 Å². The number of rotatable bonds is 2. The van der Waals surface area contributed by atoms with Crippen molar-refractivity contribution in [3.8, 4) is 0 Å². The zero-order valence-corrected chi connectivity index (χ0v) is 15.1. The van der Waals surface area contributed by atoms with Crippen LogP contribution in [0.4, 0.5) is 0 Å². The van der Waals surface area contributed by atoms with Crippen molar-refractivity contribution in [2.75, 3.05) is 0 Å². The van der Waals surface area contributed by atoms with Crippen molar-refractivity contribution in [2.24, 2.45) is 0 Å². The molecule has 0 saturated carbocycles. The van der Waals surface area contributed by atoms with Crippen molar-refractivity contribution in [1.82, 2.24) is 15.3 Å². The molecule has 5 nitrogen and oxygen atoms in total. The van der Waals surface area contributed by atoms with Crippen molar-refractivity contribution < 1.29 is 4.79 Å². The van der Waals surface area contributed by atoms with Crippen LogP contribution in [0.15, 0.2) is 29.1 Å². The first-order chi connectivity index (χ1) is 12.7. The van der Waals surface area contributed by atoms with Gasteiger partial charge in [-0.1, -0.05) is 24.3 Å². The first kappa shape index (κ1) is 15.8. The largest absolute Gasteiger partial charge is 0.343 e. The average Bonchev–Trinajstić information content (AvgIpc) is 3.22. The summed E-state index contributed by atoms with van der Waals surface area (Å²) < 4.78 is 0. The topological polar surface area (TPSA) is 74.8 Å². The maximum atomic E-state index is 12.8. The Balaban J connectivity index is 1.47. The van der Waals surface area contributed by atoms with Gasteiger partial charge in [0.25, 0.3) is 11.5 Å². The van der Waals surface area contributed by atoms with Crippen LogP contribution < -0.4 is 10.9 Å². The highest BCUT2D eigenvalue weighted by molar-refractivity contribution is 7.18. The number of aromatic amines is 1. The van der Waals surface area contributed by atoms with Gasteiger partial charge in [-0.3, -0.25) is 9.59 Å². The van der Waals surface area contributed by atoms with Crippen LogP contribution in [0.1, 0.15) is 57.5 Å². The van der Waals surface area contributed by atoms with Crippen LogP contribution in [0.2, 0.25) is 0 Å². The summed E-state index contributed by atoms with van der Waals surface area (Å²) in [6.45, 7) is 0. The van der Waals surface area contributed by atoms with Gasteiger partial charge in [-0.15, -0.1) is 11.3 Å². The maximum absolute atomic E-state index is 12.8. The number of nitrogens with zero attached hydrogens (tertiary/aromatic N) is 1. The molecule has 2 aromatic heterocycles. The van der Waals surface area contributed by atoms with Crippen molar-refractivity contribution in [2.45, 2.75) is 44.6 Å². The second-order valence-corrected chi connectivity index (χ2v) is 8.15. The highest BCUT2D eigenvalue weighted by atomic mass is 32.1. The molecule has 0 fully saturated rings. The molecular weight excluding hydrogens is 346 g/mol. The molecule has 0 bridgehead atoms. The molecule has 0 saturated heterocycles. The Bertz CT molecular complexity index is 1080. The Morgan fingerprint density at radius 1 is 1.19 bits per heavy atom. The van der Waals surface area contributed by atoms with E-state index in [9.17, 15) is 9.59 Å². The highest BCUT2D eigenvalue weighted by Gasteiger charge is 2.25. The Labute approximate surface area is 154 Å². The molecule has 1 aromatic carbocycles. The van der Waals surface area contributed by atoms with E-state index in [2.05, 4.69) is 27.4 Å². The molecule has 0 aliphatic heterocycles. The average molecular weight is 365 g/mol. The molecule has 26 heavy (non-hydrogen) atoms. The van der Waals surface area contributed by atoms with Gasteiger partial charge >= 0.3 is 0 Å². The molecule has 1 amide bonds. The first-order valence-electron chi connectivity index (χ1n) is 9.14. The van der Waals surface area contributed by atoms with E-state index in [-0.39, 0.29) is 23.3 Å². The molecule has 2 heterocycles. The van der Waals surface area contributed by atoms with Gasteiger partial charge in [-0.05, 0) is 55.2 Å². The number of aromatic nitrogens is 2. The minimum absolute atomic E-state index is 0.0261. The monoisotopic (exact) mass is 365 g/mol. The molecule has 0 radical (unpaired) electrons. The zero-order chi connectivity index (χ0) is 17.7. The van der Waals surface area contributed by atoms with Gasteiger partial charge in [0.15, 0.2) is 0 Å². The fourth-order valence-corrected chi connectivity index (χ4v) is 5.50. The van der Waals surface area contributed by atoms with E-state index in [0.29, 0.717) is 10.2 Å². The van der Waals surface area contributed by atoms with Crippen LogP contribution in [0, 0.1) is 0 Å². The predicted octanol–water partition coefficient (Wildman–Crippen LogP) is 3.28. The predicted molar refractivity (Wildman–Crippen MR) is 102 cm³/mol. The number of thiophene rings is 1. The third kappa shape index (κ3) is 2.48. The number of hydrogen-bond donors (Lipinski definition) is 2. The van der Waals surface area contributed by atoms with Gasteiger partial charge < -0.3 is 10.3 Å². The van der Waals surface area contributed by atoms with E-state index in [4.69, 9.17) is 0 Å². The molecule has 3 aromatic rings. The zero-order valence-electron chi connectivity index (χ0n) is 14.3. The molecular formula is C20H19N3O2S. The lowest BCUT2D eigenvalue weighted by atomic mass is 9.88. The van der Waals surface area contributed by atoms with Gasteiger partial charge in [0.05, 0.1) is 11.4 Å². The van der Waals surface area contributed by atoms with Crippen molar-refractivity contribution in [1.29, 1.82) is 0 Å². The van der Waals surface area contributed by atoms with Crippen LogP contribution in [-0.2, 0) is 19.3 Å². The summed E-state index contributed by atoms with van der Waals surface area (Å²) in [5.41, 5.74) is 3.40. The van der Waals surface area contributed by atoms with Crippen molar-refractivity contribution in [3.05, 3.63) is 62.0 Å². The summed E-state index contributed by atoms with van der Waals surface area (Å²) >= 11 is 1.56. The molecule has 2 aliphatic rings. The van der Waals surface area contributed by atoms with Crippen LogP contribution in [0.25, 0.3) is 10.2 Å². The third-order valence-corrected chi connectivity index (χ3v) is 6.65. The van der Waals surface area contributed by atoms with Crippen molar-refractivity contribution >= 4 is 27.5 Å². The smallest absolute Gasteiger partial charge is 0.287 e. The van der Waals surface area contributed by atoms with Gasteiger partial charge in [0.2, 0.25) is 5.82 Å². The molecule has 0 unspecified atom stereocenters. The summed E-state index contributed by atoms with van der Waals surface area (Å²) in [5, 5.41) is 3.75. The van der Waals surface area contributed by atoms with Crippen molar-refractivity contribution in [3.63, 3.8) is 0 Å². The van der Waals surface area contributed by atoms with Crippen LogP contribution >= 0.6 is 11.3 Å². The first-order valence-corrected chi connectivity index (χ1v) is 9.95. The number of H-pyrrole nitrogens is 1. The lowest BCUT2D eigenvalue weighted by Gasteiger charge is -2.26. The SMILES string of the molecule is O=C(N[C@@H]1CCCc2ccccc21)c1nc2sc3c(c2c(=O)[nH]1)CCC3. The third-order valence-electron chi connectivity index (χ3n) is 5.46. The van der Waals surface area contributed by atoms with E-state index in [1.54, 1.807) is 11.3 Å². The number of fused-ring (bicyclic) bond motifs is 4. The quantitative estimate of drug-likeness (QED) is 0.732. The summed E-state index contributed by atoms with van der Waals surface area (Å²) in [6, 6.07) is 8.20. The second-order valence-electron chi connectivity index (χ2n) is 7.07. The second kappa shape index (κ2) is 6.06. The molecule has 0 spiro atoms. The van der Waals surface area contributed by atoms with E-state index in [1.807, 2.05) is 12.1 Å². The highest BCUT2D eigenvalue weighted by Crippen LogP contribution is 2.34. The molecule has 2 aliphatic carbocycles. The fourth-order valence-electron chi connectivity index (χ4n) is 4.24. The summed E-state index contributed by atoms with van der Waals surface area (Å²) in [7, 11) is 0. The van der Waals surface area contributed by atoms with Gasteiger partial charge in [-0.25, -0.2) is 4.98 Å². The van der Waals surface area contributed by atoms with E-state index in [0.717, 1.165) is 44.1 Å². The van der Waals surface area contributed by atoms with Gasteiger partial charge in [-0.2, -0.15) is 0 Å². The Kier molecular flexibility index (Phi) is 3.67. The van der Waals surface area contributed by atoms with Gasteiger partial charge in [0.1, 0.15) is 4.83 Å².